The number of benzene rings is 1. The lowest BCUT2D eigenvalue weighted by molar-refractivity contribution is -0.137. The van der Waals surface area contributed by atoms with Crippen molar-refractivity contribution in [2.45, 2.75) is 51.0 Å². The van der Waals surface area contributed by atoms with Gasteiger partial charge in [0.15, 0.2) is 0 Å². The molecule has 1 aliphatic heterocycles. The number of carboxylic acid groups (broad SMARTS) is 1. The molecule has 2 N–H and O–H groups in total. The molecule has 1 aromatic heterocycles. The van der Waals surface area contributed by atoms with Crippen molar-refractivity contribution >= 4 is 12.0 Å². The summed E-state index contributed by atoms with van der Waals surface area (Å²) in [4.78, 5) is 30.0. The van der Waals surface area contributed by atoms with Gasteiger partial charge in [-0.3, -0.25) is 9.78 Å². The quantitative estimate of drug-likeness (QED) is 0.748. The van der Waals surface area contributed by atoms with Gasteiger partial charge >= 0.3 is 12.0 Å². The predicted octanol–water partition coefficient (Wildman–Crippen LogP) is 3.76. The Morgan fingerprint density at radius 3 is 2.52 bits per heavy atom. The van der Waals surface area contributed by atoms with E-state index >= 15 is 0 Å². The van der Waals surface area contributed by atoms with E-state index < -0.39 is 5.97 Å². The number of nitrogens with one attached hydrogen (secondary N) is 1. The molecule has 0 aliphatic carbocycles. The lowest BCUT2D eigenvalue weighted by Crippen LogP contribution is -2.48. The van der Waals surface area contributed by atoms with Gasteiger partial charge in [-0.15, -0.1) is 0 Å². The summed E-state index contributed by atoms with van der Waals surface area (Å²) in [6, 6.07) is 13.7. The molecule has 1 fully saturated rings. The smallest absolute Gasteiger partial charge is 0.317 e. The Morgan fingerprint density at radius 2 is 1.90 bits per heavy atom. The van der Waals surface area contributed by atoms with E-state index in [0.717, 1.165) is 24.1 Å². The Morgan fingerprint density at radius 1 is 1.17 bits per heavy atom. The molecular formula is C23H29N3O3. The molecule has 1 atom stereocenters. The number of urea groups is 1. The summed E-state index contributed by atoms with van der Waals surface area (Å²) in [5.74, 6) is -0.413. The van der Waals surface area contributed by atoms with Gasteiger partial charge in [0.25, 0.3) is 0 Å². The van der Waals surface area contributed by atoms with Crippen molar-refractivity contribution in [3.63, 3.8) is 0 Å². The number of hydrogen-bond acceptors (Lipinski definition) is 3. The van der Waals surface area contributed by atoms with Crippen molar-refractivity contribution in [2.24, 2.45) is 0 Å². The molecule has 1 unspecified atom stereocenters. The van der Waals surface area contributed by atoms with Crippen LogP contribution < -0.4 is 5.32 Å². The maximum atomic E-state index is 12.8. The summed E-state index contributed by atoms with van der Waals surface area (Å²) in [5.41, 5.74) is 3.34. The van der Waals surface area contributed by atoms with Crippen LogP contribution in [0.3, 0.4) is 0 Å². The zero-order valence-electron chi connectivity index (χ0n) is 16.9. The van der Waals surface area contributed by atoms with Crippen LogP contribution in [-0.2, 0) is 11.2 Å². The molecule has 6 nitrogen and oxygen atoms in total. The number of carboxylic acids is 1. The fourth-order valence-electron chi connectivity index (χ4n) is 3.82. The van der Waals surface area contributed by atoms with Gasteiger partial charge in [-0.2, -0.15) is 0 Å². The summed E-state index contributed by atoms with van der Waals surface area (Å²) in [7, 11) is 0. The number of piperidine rings is 1. The van der Waals surface area contributed by atoms with Crippen LogP contribution in [0, 0.1) is 6.92 Å². The van der Waals surface area contributed by atoms with Crippen molar-refractivity contribution in [1.29, 1.82) is 0 Å². The standard InChI is InChI=1S/C23H29N3O3/c1-17-7-8-20(16-24-17)19-11-13-26(14-12-19)23(29)25-21(9-10-22(27)28)15-18-5-3-2-4-6-18/h2-8,16,19,21H,9-15H2,1H3,(H,25,29)(H,27,28). The molecule has 1 saturated heterocycles. The number of hydrogen-bond donors (Lipinski definition) is 2. The number of amides is 2. The zero-order valence-corrected chi connectivity index (χ0v) is 16.9. The average Bonchev–Trinajstić information content (AvgIpc) is 2.73. The second-order valence-corrected chi connectivity index (χ2v) is 7.76. The van der Waals surface area contributed by atoms with Crippen LogP contribution >= 0.6 is 0 Å². The Hall–Kier alpha value is -2.89. The number of likely N-dealkylation sites (tertiary alicyclic amines) is 1. The van der Waals surface area contributed by atoms with E-state index in [-0.39, 0.29) is 18.5 Å². The second kappa shape index (κ2) is 10.0. The first-order valence-electron chi connectivity index (χ1n) is 10.2. The molecule has 154 valence electrons. The Kier molecular flexibility index (Phi) is 7.22. The van der Waals surface area contributed by atoms with Crippen LogP contribution in [0.2, 0.25) is 0 Å². The number of aryl methyl sites for hydroxylation is 1. The van der Waals surface area contributed by atoms with Crippen LogP contribution in [0.4, 0.5) is 4.79 Å². The number of rotatable bonds is 7. The van der Waals surface area contributed by atoms with Crippen molar-refractivity contribution in [3.8, 4) is 0 Å². The molecule has 2 amide bonds. The van der Waals surface area contributed by atoms with Crippen LogP contribution in [0.15, 0.2) is 48.7 Å². The Labute approximate surface area is 172 Å². The lowest BCUT2D eigenvalue weighted by Gasteiger charge is -2.33. The van der Waals surface area contributed by atoms with Crippen LogP contribution in [-0.4, -0.2) is 46.1 Å². The van der Waals surface area contributed by atoms with E-state index in [0.29, 0.717) is 31.8 Å². The minimum Gasteiger partial charge on any atom is -0.481 e. The topological polar surface area (TPSA) is 82.5 Å². The highest BCUT2D eigenvalue weighted by Crippen LogP contribution is 2.27. The average molecular weight is 396 g/mol. The van der Waals surface area contributed by atoms with Crippen molar-refractivity contribution < 1.29 is 14.7 Å². The summed E-state index contributed by atoms with van der Waals surface area (Å²) >= 11 is 0. The summed E-state index contributed by atoms with van der Waals surface area (Å²) in [5, 5.41) is 12.1. The molecule has 6 heteroatoms. The Balaban J connectivity index is 1.55. The fraction of sp³-hybridized carbons (Fsp3) is 0.435. The molecule has 0 radical (unpaired) electrons. The predicted molar refractivity (Wildman–Crippen MR) is 112 cm³/mol. The summed E-state index contributed by atoms with van der Waals surface area (Å²) in [6.45, 7) is 3.37. The molecule has 2 heterocycles. The molecule has 0 spiro atoms. The highest BCUT2D eigenvalue weighted by Gasteiger charge is 2.25. The maximum Gasteiger partial charge on any atom is 0.317 e. The molecule has 0 saturated carbocycles. The first-order valence-corrected chi connectivity index (χ1v) is 10.2. The second-order valence-electron chi connectivity index (χ2n) is 7.76. The van der Waals surface area contributed by atoms with Crippen LogP contribution in [0.25, 0.3) is 0 Å². The van der Waals surface area contributed by atoms with Gasteiger partial charge in [0, 0.05) is 37.4 Å². The molecule has 29 heavy (non-hydrogen) atoms. The van der Waals surface area contributed by atoms with E-state index in [1.165, 1.54) is 5.56 Å². The van der Waals surface area contributed by atoms with E-state index in [1.807, 2.05) is 54.4 Å². The van der Waals surface area contributed by atoms with E-state index in [9.17, 15) is 9.59 Å². The molecule has 1 aromatic carbocycles. The van der Waals surface area contributed by atoms with Gasteiger partial charge in [-0.1, -0.05) is 36.4 Å². The minimum absolute atomic E-state index is 0.0419. The third-order valence-corrected chi connectivity index (χ3v) is 5.55. The number of pyridine rings is 1. The first-order chi connectivity index (χ1) is 14.0. The number of carbonyl (C=O) groups excluding carboxylic acids is 1. The van der Waals surface area contributed by atoms with Gasteiger partial charge in [-0.25, -0.2) is 4.79 Å². The van der Waals surface area contributed by atoms with E-state index in [4.69, 9.17) is 5.11 Å². The fourth-order valence-corrected chi connectivity index (χ4v) is 3.82. The minimum atomic E-state index is -0.843. The third-order valence-electron chi connectivity index (χ3n) is 5.55. The number of nitrogens with zero attached hydrogens (tertiary/aromatic N) is 2. The first kappa shape index (κ1) is 20.8. The maximum absolute atomic E-state index is 12.8. The summed E-state index contributed by atoms with van der Waals surface area (Å²) in [6.07, 6.45) is 4.86. The molecule has 1 aliphatic rings. The molecule has 2 aromatic rings. The number of aliphatic carboxylic acids is 1. The lowest BCUT2D eigenvalue weighted by atomic mass is 9.90. The van der Waals surface area contributed by atoms with Gasteiger partial charge in [-0.05, 0) is 55.7 Å². The highest BCUT2D eigenvalue weighted by molar-refractivity contribution is 5.75. The normalized spacial score (nSPS) is 15.7. The van der Waals surface area contributed by atoms with Crippen molar-refractivity contribution in [3.05, 3.63) is 65.5 Å². The highest BCUT2D eigenvalue weighted by atomic mass is 16.4. The summed E-state index contributed by atoms with van der Waals surface area (Å²) < 4.78 is 0. The monoisotopic (exact) mass is 395 g/mol. The van der Waals surface area contributed by atoms with E-state index in [1.54, 1.807) is 0 Å². The molecular weight excluding hydrogens is 366 g/mol. The zero-order chi connectivity index (χ0) is 20.6. The molecule has 0 bridgehead atoms. The van der Waals surface area contributed by atoms with Crippen molar-refractivity contribution in [1.82, 2.24) is 15.2 Å². The van der Waals surface area contributed by atoms with Crippen molar-refractivity contribution in [2.75, 3.05) is 13.1 Å². The van der Waals surface area contributed by atoms with Gasteiger partial charge in [0.1, 0.15) is 0 Å². The Bertz CT molecular complexity index is 800. The number of aromatic nitrogens is 1. The third kappa shape index (κ3) is 6.31. The van der Waals surface area contributed by atoms with Gasteiger partial charge in [0.05, 0.1) is 0 Å². The largest absolute Gasteiger partial charge is 0.481 e. The number of carbonyl (C=O) groups is 2. The van der Waals surface area contributed by atoms with Crippen LogP contribution in [0.5, 0.6) is 0 Å². The van der Waals surface area contributed by atoms with Crippen LogP contribution in [0.1, 0.15) is 48.4 Å². The SMILES string of the molecule is Cc1ccc(C2CCN(C(=O)NC(CCC(=O)O)Cc3ccccc3)CC2)cn1. The van der Waals surface area contributed by atoms with Gasteiger partial charge in [0.2, 0.25) is 0 Å². The van der Waals surface area contributed by atoms with E-state index in [2.05, 4.69) is 16.4 Å². The van der Waals surface area contributed by atoms with Gasteiger partial charge < -0.3 is 15.3 Å². The molecule has 3 rings (SSSR count).